The molecule has 2 fully saturated rings. The van der Waals surface area contributed by atoms with Crippen molar-refractivity contribution in [2.45, 2.75) is 50.0 Å². The number of methoxy groups -OCH3 is 1. The fourth-order valence-electron chi connectivity index (χ4n) is 6.14. The summed E-state index contributed by atoms with van der Waals surface area (Å²) < 4.78 is 11.7. The third kappa shape index (κ3) is 5.12. The summed E-state index contributed by atoms with van der Waals surface area (Å²) in [5.74, 6) is 1.41. The molecule has 0 aromatic heterocycles. The first kappa shape index (κ1) is 24.3. The molecule has 34 heavy (non-hydrogen) atoms. The molecule has 1 saturated heterocycles. The molecule has 0 amide bonds. The van der Waals surface area contributed by atoms with Crippen LogP contribution in [-0.4, -0.2) is 44.4 Å². The average molecular weight is 458 g/mol. The van der Waals surface area contributed by atoms with Crippen molar-refractivity contribution >= 4 is 5.69 Å². The molecule has 3 atom stereocenters. The molecule has 1 aliphatic heterocycles. The molecule has 0 N–H and O–H groups in total. The summed E-state index contributed by atoms with van der Waals surface area (Å²) in [6.07, 6.45) is 6.46. The van der Waals surface area contributed by atoms with Crippen LogP contribution in [0.4, 0.5) is 5.69 Å². The van der Waals surface area contributed by atoms with Crippen LogP contribution in [0, 0.1) is 29.7 Å². The largest absolute Gasteiger partial charge is 0.494 e. The SMILES string of the molecule is [C-]#[N+]c1ccc(OCCCN2CCC(C(C#N)(c3ccccc3)[C@H]3CCC[C@H]3OC)CC2)cc1. The molecule has 1 aliphatic carbocycles. The maximum absolute atomic E-state index is 10.7. The maximum atomic E-state index is 10.7. The number of nitrogens with zero attached hydrogens (tertiary/aromatic N) is 3. The highest BCUT2D eigenvalue weighted by atomic mass is 16.5. The monoisotopic (exact) mass is 457 g/mol. The second-order valence-corrected chi connectivity index (χ2v) is 9.58. The van der Waals surface area contributed by atoms with Gasteiger partial charge in [-0.3, -0.25) is 0 Å². The van der Waals surface area contributed by atoms with E-state index in [1.165, 1.54) is 5.56 Å². The molecule has 178 valence electrons. The fraction of sp³-hybridized carbons (Fsp3) is 0.517. The molecule has 2 aromatic rings. The van der Waals surface area contributed by atoms with Gasteiger partial charge in [0, 0.05) is 19.6 Å². The van der Waals surface area contributed by atoms with Gasteiger partial charge in [0.05, 0.1) is 30.8 Å². The van der Waals surface area contributed by atoms with Gasteiger partial charge in [-0.05, 0) is 68.8 Å². The Balaban J connectivity index is 1.35. The van der Waals surface area contributed by atoms with E-state index >= 15 is 0 Å². The van der Waals surface area contributed by atoms with Crippen LogP contribution in [0.25, 0.3) is 4.85 Å². The zero-order valence-electron chi connectivity index (χ0n) is 20.2. The van der Waals surface area contributed by atoms with Crippen molar-refractivity contribution in [3.63, 3.8) is 0 Å². The lowest BCUT2D eigenvalue weighted by Crippen LogP contribution is -2.49. The van der Waals surface area contributed by atoms with E-state index in [0.29, 0.717) is 18.2 Å². The van der Waals surface area contributed by atoms with Gasteiger partial charge in [0.1, 0.15) is 5.75 Å². The normalized spacial score (nSPS) is 23.0. The first-order chi connectivity index (χ1) is 16.7. The summed E-state index contributed by atoms with van der Waals surface area (Å²) in [7, 11) is 1.81. The minimum absolute atomic E-state index is 0.166. The van der Waals surface area contributed by atoms with Gasteiger partial charge in [0.15, 0.2) is 5.69 Å². The second kappa shape index (κ2) is 11.5. The van der Waals surface area contributed by atoms with Gasteiger partial charge in [-0.2, -0.15) is 5.26 Å². The maximum Gasteiger partial charge on any atom is 0.187 e. The molecule has 5 nitrogen and oxygen atoms in total. The topological polar surface area (TPSA) is 49.8 Å². The third-order valence-electron chi connectivity index (χ3n) is 7.86. The van der Waals surface area contributed by atoms with E-state index in [1.807, 2.05) is 18.2 Å². The number of ether oxygens (including phenoxy) is 2. The predicted octanol–water partition coefficient (Wildman–Crippen LogP) is 5.99. The van der Waals surface area contributed by atoms with Crippen LogP contribution >= 0.6 is 0 Å². The van der Waals surface area contributed by atoms with E-state index in [-0.39, 0.29) is 12.0 Å². The molecule has 5 heteroatoms. The van der Waals surface area contributed by atoms with Crippen molar-refractivity contribution in [1.82, 2.24) is 4.90 Å². The predicted molar refractivity (Wildman–Crippen MR) is 134 cm³/mol. The van der Waals surface area contributed by atoms with Crippen LogP contribution in [0.3, 0.4) is 0 Å². The van der Waals surface area contributed by atoms with Crippen molar-refractivity contribution in [3.05, 3.63) is 71.6 Å². The number of likely N-dealkylation sites (tertiary alicyclic amines) is 1. The Labute approximate surface area is 204 Å². The number of piperidine rings is 1. The molecule has 1 unspecified atom stereocenters. The number of hydrogen-bond acceptors (Lipinski definition) is 4. The minimum Gasteiger partial charge on any atom is -0.494 e. The molecule has 0 bridgehead atoms. The van der Waals surface area contributed by atoms with E-state index in [2.05, 4.69) is 40.1 Å². The molecule has 2 aliphatic rings. The first-order valence-electron chi connectivity index (χ1n) is 12.5. The Morgan fingerprint density at radius 2 is 1.79 bits per heavy atom. The molecule has 1 saturated carbocycles. The van der Waals surface area contributed by atoms with Gasteiger partial charge in [-0.15, -0.1) is 0 Å². The lowest BCUT2D eigenvalue weighted by atomic mass is 9.59. The Kier molecular flexibility index (Phi) is 8.22. The molecular formula is C29H35N3O2. The minimum atomic E-state index is -0.481. The Bertz CT molecular complexity index is 987. The summed E-state index contributed by atoms with van der Waals surface area (Å²) in [4.78, 5) is 5.92. The van der Waals surface area contributed by atoms with Gasteiger partial charge in [0.25, 0.3) is 0 Å². The lowest BCUT2D eigenvalue weighted by Gasteiger charge is -2.45. The fourth-order valence-corrected chi connectivity index (χ4v) is 6.14. The van der Waals surface area contributed by atoms with E-state index in [0.717, 1.165) is 63.9 Å². The van der Waals surface area contributed by atoms with E-state index in [9.17, 15) is 5.26 Å². The molecular weight excluding hydrogens is 422 g/mol. The molecule has 4 rings (SSSR count). The van der Waals surface area contributed by atoms with Crippen molar-refractivity contribution < 1.29 is 9.47 Å². The highest BCUT2D eigenvalue weighted by Crippen LogP contribution is 2.50. The Morgan fingerprint density at radius 3 is 2.44 bits per heavy atom. The third-order valence-corrected chi connectivity index (χ3v) is 7.86. The standard InChI is InChI=1S/C29H35N3O2/c1-31-25-12-14-26(15-13-25)34-21-7-18-32-19-16-24(17-20-32)29(22-30,23-8-4-3-5-9-23)27-10-6-11-28(27)33-2/h3-5,8-9,12-15,24,27-28H,6-7,10-11,16-21H2,2H3/t27-,28+,29?/m0/s1. The summed E-state index contributed by atoms with van der Waals surface area (Å²) in [6, 6.07) is 20.7. The van der Waals surface area contributed by atoms with Crippen molar-refractivity contribution in [3.8, 4) is 11.8 Å². The summed E-state index contributed by atoms with van der Waals surface area (Å²) >= 11 is 0. The Hall–Kier alpha value is -2.86. The van der Waals surface area contributed by atoms with Crippen molar-refractivity contribution in [2.24, 2.45) is 11.8 Å². The molecule has 0 spiro atoms. The van der Waals surface area contributed by atoms with Gasteiger partial charge < -0.3 is 14.4 Å². The Morgan fingerprint density at radius 1 is 1.06 bits per heavy atom. The zero-order valence-corrected chi connectivity index (χ0v) is 20.2. The molecule has 1 heterocycles. The summed E-state index contributed by atoms with van der Waals surface area (Å²) in [5.41, 5.74) is 1.32. The van der Waals surface area contributed by atoms with Crippen LogP contribution in [0.5, 0.6) is 5.75 Å². The highest BCUT2D eigenvalue weighted by molar-refractivity contribution is 5.47. The van der Waals surface area contributed by atoms with Crippen molar-refractivity contribution in [1.29, 1.82) is 5.26 Å². The van der Waals surface area contributed by atoms with E-state index in [4.69, 9.17) is 16.0 Å². The zero-order chi connectivity index (χ0) is 23.8. The van der Waals surface area contributed by atoms with Crippen LogP contribution < -0.4 is 4.74 Å². The van der Waals surface area contributed by atoms with Crippen LogP contribution in [-0.2, 0) is 10.2 Å². The van der Waals surface area contributed by atoms with Crippen LogP contribution in [0.15, 0.2) is 54.6 Å². The average Bonchev–Trinajstić information content (AvgIpc) is 3.38. The van der Waals surface area contributed by atoms with Gasteiger partial charge in [-0.25, -0.2) is 4.85 Å². The highest BCUT2D eigenvalue weighted by Gasteiger charge is 2.52. The smallest absolute Gasteiger partial charge is 0.187 e. The van der Waals surface area contributed by atoms with E-state index in [1.54, 1.807) is 19.2 Å². The molecule has 2 aromatic carbocycles. The number of rotatable bonds is 9. The number of hydrogen-bond donors (Lipinski definition) is 0. The molecule has 0 radical (unpaired) electrons. The number of nitriles is 1. The second-order valence-electron chi connectivity index (χ2n) is 9.58. The van der Waals surface area contributed by atoms with Gasteiger partial charge >= 0.3 is 0 Å². The van der Waals surface area contributed by atoms with Gasteiger partial charge in [0.2, 0.25) is 0 Å². The van der Waals surface area contributed by atoms with Crippen molar-refractivity contribution in [2.75, 3.05) is 33.4 Å². The lowest BCUT2D eigenvalue weighted by molar-refractivity contribution is 0.0205. The van der Waals surface area contributed by atoms with E-state index < -0.39 is 5.41 Å². The van der Waals surface area contributed by atoms with Gasteiger partial charge in [-0.1, -0.05) is 48.9 Å². The van der Waals surface area contributed by atoms with Crippen LogP contribution in [0.2, 0.25) is 0 Å². The number of benzene rings is 2. The summed E-state index contributed by atoms with van der Waals surface area (Å²) in [5, 5.41) is 10.7. The van der Waals surface area contributed by atoms with Crippen LogP contribution in [0.1, 0.15) is 44.1 Å². The first-order valence-corrected chi connectivity index (χ1v) is 12.5. The summed E-state index contributed by atoms with van der Waals surface area (Å²) in [6.45, 7) is 10.7. The quantitative estimate of drug-likeness (QED) is 0.343.